The van der Waals surface area contributed by atoms with Crippen molar-refractivity contribution < 1.29 is 13.6 Å². The zero-order valence-corrected chi connectivity index (χ0v) is 18.9. The Balaban J connectivity index is 1.33. The number of carbonyl (C=O) groups is 1. The molecule has 1 aliphatic rings. The average molecular weight is 439 g/mol. The van der Waals surface area contributed by atoms with E-state index in [-0.39, 0.29) is 11.7 Å². The molecular weight excluding hydrogens is 407 g/mol. The van der Waals surface area contributed by atoms with Crippen LogP contribution in [0.1, 0.15) is 37.3 Å². The summed E-state index contributed by atoms with van der Waals surface area (Å²) in [4.78, 5) is 21.8. The summed E-state index contributed by atoms with van der Waals surface area (Å²) in [5, 5.41) is 3.17. The summed E-state index contributed by atoms with van der Waals surface area (Å²) >= 11 is 0. The van der Waals surface area contributed by atoms with Gasteiger partial charge in [-0.3, -0.25) is 14.6 Å². The molecule has 1 amide bonds. The first-order chi connectivity index (χ1) is 15.6. The zero-order chi connectivity index (χ0) is 22.5. The van der Waals surface area contributed by atoms with Gasteiger partial charge in [-0.15, -0.1) is 0 Å². The number of oxazole rings is 1. The third-order valence-electron chi connectivity index (χ3n) is 6.07. The summed E-state index contributed by atoms with van der Waals surface area (Å²) in [5.74, 6) is 0.312. The molecule has 0 atom stereocenters. The van der Waals surface area contributed by atoms with E-state index >= 15 is 0 Å². The fourth-order valence-electron chi connectivity index (χ4n) is 4.33. The van der Waals surface area contributed by atoms with E-state index in [0.29, 0.717) is 30.1 Å². The zero-order valence-electron chi connectivity index (χ0n) is 18.9. The van der Waals surface area contributed by atoms with Crippen molar-refractivity contribution >= 4 is 22.7 Å². The second-order valence-electron chi connectivity index (χ2n) is 8.33. The number of para-hydroxylation sites is 1. The Morgan fingerprint density at radius 1 is 1.06 bits per heavy atom. The molecule has 1 aromatic heterocycles. The maximum absolute atomic E-state index is 13.4. The van der Waals surface area contributed by atoms with Gasteiger partial charge in [0.1, 0.15) is 11.3 Å². The molecular formula is C25H31FN4O2. The number of aromatic nitrogens is 1. The van der Waals surface area contributed by atoms with Crippen LogP contribution in [0, 0.1) is 5.82 Å². The number of rotatable bonds is 7. The molecule has 0 unspecified atom stereocenters. The first-order valence-corrected chi connectivity index (χ1v) is 11.5. The van der Waals surface area contributed by atoms with Crippen molar-refractivity contribution in [1.82, 2.24) is 14.8 Å². The second-order valence-corrected chi connectivity index (χ2v) is 8.33. The number of hydrogen-bond donors (Lipinski definition) is 1. The van der Waals surface area contributed by atoms with Gasteiger partial charge in [0.2, 0.25) is 11.8 Å². The Morgan fingerprint density at radius 2 is 1.78 bits per heavy atom. The molecule has 2 heterocycles. The predicted molar refractivity (Wildman–Crippen MR) is 124 cm³/mol. The van der Waals surface area contributed by atoms with Crippen molar-refractivity contribution in [2.75, 3.05) is 38.0 Å². The van der Waals surface area contributed by atoms with Crippen LogP contribution in [0.4, 0.5) is 10.1 Å². The number of halogens is 1. The number of carbonyl (C=O) groups excluding carboxylic acids is 1. The molecule has 0 bridgehead atoms. The molecule has 4 rings (SSSR count). The van der Waals surface area contributed by atoms with Gasteiger partial charge >= 0.3 is 0 Å². The van der Waals surface area contributed by atoms with E-state index < -0.39 is 0 Å². The first kappa shape index (κ1) is 22.4. The van der Waals surface area contributed by atoms with Gasteiger partial charge in [-0.2, -0.15) is 0 Å². The summed E-state index contributed by atoms with van der Waals surface area (Å²) in [6.07, 6.45) is 2.75. The van der Waals surface area contributed by atoms with E-state index in [1.54, 1.807) is 6.07 Å². The highest BCUT2D eigenvalue weighted by Crippen LogP contribution is 2.23. The van der Waals surface area contributed by atoms with Gasteiger partial charge in [-0.1, -0.05) is 32.0 Å². The minimum atomic E-state index is -0.323. The van der Waals surface area contributed by atoms with Crippen molar-refractivity contribution in [3.8, 4) is 0 Å². The standard InChI is InChI=1S/C25H31FN4O2/c1-3-18-7-5-8-19(4-2)25(18)28-23(31)16-29-11-6-12-30(14-13-29)17-24-27-21-10-9-20(26)15-22(21)32-24/h5,7-10,15H,3-4,6,11-14,16-17H2,1-2H3,(H,28,31). The Bertz CT molecular complexity index is 1060. The number of aryl methyl sites for hydroxylation is 2. The third-order valence-corrected chi connectivity index (χ3v) is 6.07. The van der Waals surface area contributed by atoms with Crippen LogP contribution in [0.25, 0.3) is 11.1 Å². The van der Waals surface area contributed by atoms with E-state index in [2.05, 4.69) is 52.1 Å². The highest BCUT2D eigenvalue weighted by atomic mass is 19.1. The Morgan fingerprint density at radius 3 is 2.53 bits per heavy atom. The summed E-state index contributed by atoms with van der Waals surface area (Å²) < 4.78 is 19.1. The van der Waals surface area contributed by atoms with Gasteiger partial charge in [0.25, 0.3) is 0 Å². The van der Waals surface area contributed by atoms with Crippen LogP contribution in [0.15, 0.2) is 40.8 Å². The van der Waals surface area contributed by atoms with Crippen LogP contribution in [0.3, 0.4) is 0 Å². The number of nitrogens with one attached hydrogen (secondary N) is 1. The lowest BCUT2D eigenvalue weighted by Gasteiger charge is -2.21. The summed E-state index contributed by atoms with van der Waals surface area (Å²) in [6.45, 7) is 8.60. The van der Waals surface area contributed by atoms with Crippen LogP contribution < -0.4 is 5.32 Å². The molecule has 7 heteroatoms. The van der Waals surface area contributed by atoms with Crippen molar-refractivity contribution in [2.45, 2.75) is 39.7 Å². The molecule has 6 nitrogen and oxygen atoms in total. The number of hydrogen-bond acceptors (Lipinski definition) is 5. The van der Waals surface area contributed by atoms with Crippen LogP contribution in [-0.2, 0) is 24.2 Å². The highest BCUT2D eigenvalue weighted by Gasteiger charge is 2.20. The van der Waals surface area contributed by atoms with Gasteiger partial charge in [0.05, 0.1) is 13.1 Å². The first-order valence-electron chi connectivity index (χ1n) is 11.5. The average Bonchev–Trinajstić information content (AvgIpc) is 3.05. The molecule has 0 aliphatic carbocycles. The molecule has 2 aromatic carbocycles. The number of fused-ring (bicyclic) bond motifs is 1. The molecule has 0 saturated carbocycles. The largest absolute Gasteiger partial charge is 0.439 e. The van der Waals surface area contributed by atoms with E-state index in [4.69, 9.17) is 4.42 Å². The van der Waals surface area contributed by atoms with Crippen LogP contribution in [-0.4, -0.2) is 53.4 Å². The summed E-state index contributed by atoms with van der Waals surface area (Å²) in [7, 11) is 0. The maximum atomic E-state index is 13.4. The lowest BCUT2D eigenvalue weighted by atomic mass is 10.0. The number of nitrogens with zero attached hydrogens (tertiary/aromatic N) is 3. The molecule has 3 aromatic rings. The van der Waals surface area contributed by atoms with Crippen molar-refractivity contribution in [1.29, 1.82) is 0 Å². The molecule has 170 valence electrons. The Hall–Kier alpha value is -2.77. The van der Waals surface area contributed by atoms with E-state index in [1.165, 1.54) is 23.3 Å². The molecule has 1 saturated heterocycles. The van der Waals surface area contributed by atoms with Crippen LogP contribution in [0.5, 0.6) is 0 Å². The van der Waals surface area contributed by atoms with Crippen molar-refractivity contribution in [3.63, 3.8) is 0 Å². The van der Waals surface area contributed by atoms with Crippen molar-refractivity contribution in [3.05, 3.63) is 59.2 Å². The Labute approximate surface area is 188 Å². The van der Waals surface area contributed by atoms with Crippen LogP contribution in [0.2, 0.25) is 0 Å². The third kappa shape index (κ3) is 5.34. The molecule has 1 fully saturated rings. The van der Waals surface area contributed by atoms with E-state index in [1.807, 2.05) is 0 Å². The van der Waals surface area contributed by atoms with Gasteiger partial charge < -0.3 is 9.73 Å². The Kier molecular flexibility index (Phi) is 7.17. The highest BCUT2D eigenvalue weighted by molar-refractivity contribution is 5.93. The monoisotopic (exact) mass is 438 g/mol. The number of anilines is 1. The molecule has 1 aliphatic heterocycles. The van der Waals surface area contributed by atoms with Gasteiger partial charge in [-0.25, -0.2) is 9.37 Å². The quantitative estimate of drug-likeness (QED) is 0.598. The minimum Gasteiger partial charge on any atom is -0.439 e. The summed E-state index contributed by atoms with van der Waals surface area (Å²) in [5.41, 5.74) is 4.49. The topological polar surface area (TPSA) is 61.6 Å². The lowest BCUT2D eigenvalue weighted by Crippen LogP contribution is -2.36. The van der Waals surface area contributed by atoms with Crippen LogP contribution >= 0.6 is 0 Å². The second kappa shape index (κ2) is 10.2. The minimum absolute atomic E-state index is 0.0371. The van der Waals surface area contributed by atoms with E-state index in [9.17, 15) is 9.18 Å². The SMILES string of the molecule is CCc1cccc(CC)c1NC(=O)CN1CCCN(Cc2nc3ccc(F)cc3o2)CC1. The lowest BCUT2D eigenvalue weighted by molar-refractivity contribution is -0.117. The maximum Gasteiger partial charge on any atom is 0.238 e. The van der Waals surface area contributed by atoms with Gasteiger partial charge in [0.15, 0.2) is 5.58 Å². The van der Waals surface area contributed by atoms with Gasteiger partial charge in [-0.05, 0) is 55.6 Å². The number of benzene rings is 2. The molecule has 0 spiro atoms. The number of amides is 1. The summed E-state index contributed by atoms with van der Waals surface area (Å²) in [6, 6.07) is 10.6. The van der Waals surface area contributed by atoms with E-state index in [0.717, 1.165) is 51.1 Å². The smallest absolute Gasteiger partial charge is 0.238 e. The molecule has 0 radical (unpaired) electrons. The van der Waals surface area contributed by atoms with Crippen molar-refractivity contribution in [2.24, 2.45) is 0 Å². The normalized spacial score (nSPS) is 15.7. The molecule has 32 heavy (non-hydrogen) atoms. The fraction of sp³-hybridized carbons (Fsp3) is 0.440. The molecule has 1 N–H and O–H groups in total. The van der Waals surface area contributed by atoms with Gasteiger partial charge in [0, 0.05) is 24.8 Å². The predicted octanol–water partition coefficient (Wildman–Crippen LogP) is 4.24. The fourth-order valence-corrected chi connectivity index (χ4v) is 4.33.